The van der Waals surface area contributed by atoms with Gasteiger partial charge in [-0.2, -0.15) is 0 Å². The molecule has 0 unspecified atom stereocenters. The van der Waals surface area contributed by atoms with Crippen molar-refractivity contribution in [3.05, 3.63) is 77.4 Å². The summed E-state index contributed by atoms with van der Waals surface area (Å²) >= 11 is 1.59. The van der Waals surface area contributed by atoms with E-state index >= 15 is 0 Å². The first-order chi connectivity index (χ1) is 12.2. The van der Waals surface area contributed by atoms with E-state index in [1.54, 1.807) is 17.5 Å². The van der Waals surface area contributed by atoms with Crippen molar-refractivity contribution in [3.8, 4) is 10.6 Å². The van der Waals surface area contributed by atoms with Crippen LogP contribution in [0.1, 0.15) is 16.1 Å². The number of pyridine rings is 1. The average Bonchev–Trinajstić information content (AvgIpc) is 3.16. The lowest BCUT2D eigenvalue weighted by molar-refractivity contribution is 0.102. The molecule has 1 N–H and O–H groups in total. The second kappa shape index (κ2) is 6.45. The van der Waals surface area contributed by atoms with Crippen LogP contribution in [0.25, 0.3) is 21.5 Å². The van der Waals surface area contributed by atoms with Crippen LogP contribution < -0.4 is 5.32 Å². The summed E-state index contributed by atoms with van der Waals surface area (Å²) < 4.78 is 0. The van der Waals surface area contributed by atoms with Crippen molar-refractivity contribution < 1.29 is 4.79 Å². The van der Waals surface area contributed by atoms with Crippen LogP contribution in [0.4, 0.5) is 5.69 Å². The zero-order valence-corrected chi connectivity index (χ0v) is 14.4. The lowest BCUT2D eigenvalue weighted by Gasteiger charge is -2.09. The van der Waals surface area contributed by atoms with Crippen LogP contribution >= 0.6 is 11.3 Å². The van der Waals surface area contributed by atoms with Crippen LogP contribution in [0, 0.1) is 6.92 Å². The molecule has 5 heteroatoms. The number of hydrogen-bond acceptors (Lipinski definition) is 4. The molecule has 0 bridgehead atoms. The number of rotatable bonds is 3. The van der Waals surface area contributed by atoms with E-state index < -0.39 is 0 Å². The van der Waals surface area contributed by atoms with Crippen LogP contribution in [-0.2, 0) is 0 Å². The Hall–Kier alpha value is -3.05. The van der Waals surface area contributed by atoms with Crippen molar-refractivity contribution >= 4 is 33.8 Å². The monoisotopic (exact) mass is 345 g/mol. The number of anilines is 1. The number of thiazole rings is 1. The minimum Gasteiger partial charge on any atom is -0.322 e. The fourth-order valence-corrected chi connectivity index (χ4v) is 3.40. The number of hydrogen-bond donors (Lipinski definition) is 1. The van der Waals surface area contributed by atoms with Crippen LogP contribution in [0.3, 0.4) is 0 Å². The predicted octanol–water partition coefficient (Wildman–Crippen LogP) is 4.92. The van der Waals surface area contributed by atoms with Crippen LogP contribution in [0.5, 0.6) is 0 Å². The van der Waals surface area contributed by atoms with E-state index in [0.29, 0.717) is 5.56 Å². The first-order valence-corrected chi connectivity index (χ1v) is 8.76. The molecule has 2 aromatic heterocycles. The molecule has 0 saturated carbocycles. The highest BCUT2D eigenvalue weighted by molar-refractivity contribution is 7.13. The number of aromatic nitrogens is 2. The molecule has 4 rings (SSSR count). The van der Waals surface area contributed by atoms with E-state index in [0.717, 1.165) is 32.9 Å². The molecule has 2 aromatic carbocycles. The van der Waals surface area contributed by atoms with E-state index in [2.05, 4.69) is 15.3 Å². The van der Waals surface area contributed by atoms with E-state index in [-0.39, 0.29) is 5.91 Å². The minimum absolute atomic E-state index is 0.135. The van der Waals surface area contributed by atoms with E-state index in [1.165, 1.54) is 0 Å². The second-order valence-electron chi connectivity index (χ2n) is 5.70. The van der Waals surface area contributed by atoms with Gasteiger partial charge in [0, 0.05) is 33.9 Å². The molecule has 0 fully saturated rings. The van der Waals surface area contributed by atoms with Crippen LogP contribution in [0.2, 0.25) is 0 Å². The maximum Gasteiger partial charge on any atom is 0.256 e. The summed E-state index contributed by atoms with van der Waals surface area (Å²) in [6.07, 6.45) is 1.78. The Bertz CT molecular complexity index is 1040. The SMILES string of the molecule is Cc1cc(C(=O)Nc2ccc(-c3nccs3)cc2)c2ccccc2n1. The number of benzene rings is 2. The summed E-state index contributed by atoms with van der Waals surface area (Å²) in [4.78, 5) is 21.5. The Balaban J connectivity index is 1.62. The fourth-order valence-electron chi connectivity index (χ4n) is 2.76. The van der Waals surface area contributed by atoms with Crippen molar-refractivity contribution in [2.45, 2.75) is 6.92 Å². The Morgan fingerprint density at radius 2 is 1.88 bits per heavy atom. The Morgan fingerprint density at radius 3 is 2.64 bits per heavy atom. The molecule has 1 amide bonds. The standard InChI is InChI=1S/C20H15N3OS/c1-13-12-17(16-4-2-3-5-18(16)22-13)19(24)23-15-8-6-14(7-9-15)20-21-10-11-25-20/h2-12H,1H3,(H,23,24). The van der Waals surface area contributed by atoms with Crippen molar-refractivity contribution in [1.82, 2.24) is 9.97 Å². The minimum atomic E-state index is -0.135. The number of para-hydroxylation sites is 1. The van der Waals surface area contributed by atoms with Crippen LogP contribution in [0.15, 0.2) is 66.2 Å². The van der Waals surface area contributed by atoms with Gasteiger partial charge >= 0.3 is 0 Å². The maximum atomic E-state index is 12.7. The fraction of sp³-hybridized carbons (Fsp3) is 0.0500. The molecule has 25 heavy (non-hydrogen) atoms. The Kier molecular flexibility index (Phi) is 3.99. The largest absolute Gasteiger partial charge is 0.322 e. The van der Waals surface area contributed by atoms with Crippen molar-refractivity contribution in [3.63, 3.8) is 0 Å². The lowest BCUT2D eigenvalue weighted by Crippen LogP contribution is -2.13. The molecule has 0 aliphatic carbocycles. The highest BCUT2D eigenvalue weighted by Gasteiger charge is 2.12. The number of nitrogens with zero attached hydrogens (tertiary/aromatic N) is 2. The smallest absolute Gasteiger partial charge is 0.256 e. The number of nitrogens with one attached hydrogen (secondary N) is 1. The topological polar surface area (TPSA) is 54.9 Å². The number of carbonyl (C=O) groups is 1. The van der Waals surface area contributed by atoms with Crippen molar-refractivity contribution in [1.29, 1.82) is 0 Å². The molecule has 122 valence electrons. The lowest BCUT2D eigenvalue weighted by atomic mass is 10.1. The Labute approximate surface area is 149 Å². The molecule has 0 saturated heterocycles. The van der Waals surface area contributed by atoms with Gasteiger partial charge in [0.2, 0.25) is 0 Å². The molecule has 0 atom stereocenters. The van der Waals surface area contributed by atoms with Gasteiger partial charge in [-0.15, -0.1) is 11.3 Å². The van der Waals surface area contributed by atoms with Gasteiger partial charge in [-0.25, -0.2) is 4.98 Å². The van der Waals surface area contributed by atoms with E-state index in [9.17, 15) is 4.79 Å². The molecule has 4 nitrogen and oxygen atoms in total. The van der Waals surface area contributed by atoms with Crippen molar-refractivity contribution in [2.24, 2.45) is 0 Å². The molecule has 0 radical (unpaired) electrons. The third-order valence-electron chi connectivity index (χ3n) is 3.91. The molecule has 2 heterocycles. The van der Waals surface area contributed by atoms with E-state index in [4.69, 9.17) is 0 Å². The quantitative estimate of drug-likeness (QED) is 0.573. The first kappa shape index (κ1) is 15.5. The van der Waals surface area contributed by atoms with Crippen molar-refractivity contribution in [2.75, 3.05) is 5.32 Å². The summed E-state index contributed by atoms with van der Waals surface area (Å²) in [6, 6.07) is 17.2. The van der Waals surface area contributed by atoms with E-state index in [1.807, 2.05) is 66.9 Å². The summed E-state index contributed by atoms with van der Waals surface area (Å²) in [6.45, 7) is 1.89. The van der Waals surface area contributed by atoms with Gasteiger partial charge in [0.05, 0.1) is 11.1 Å². The normalized spacial score (nSPS) is 10.8. The molecular formula is C20H15N3OS. The maximum absolute atomic E-state index is 12.7. The summed E-state index contributed by atoms with van der Waals surface area (Å²) in [7, 11) is 0. The highest BCUT2D eigenvalue weighted by atomic mass is 32.1. The molecular weight excluding hydrogens is 330 g/mol. The second-order valence-corrected chi connectivity index (χ2v) is 6.59. The van der Waals surface area contributed by atoms with Gasteiger partial charge in [0.15, 0.2) is 0 Å². The number of aryl methyl sites for hydroxylation is 1. The third-order valence-corrected chi connectivity index (χ3v) is 4.73. The third kappa shape index (κ3) is 3.14. The first-order valence-electron chi connectivity index (χ1n) is 7.88. The summed E-state index contributed by atoms with van der Waals surface area (Å²) in [5.74, 6) is -0.135. The Morgan fingerprint density at radius 1 is 1.08 bits per heavy atom. The average molecular weight is 345 g/mol. The number of amides is 1. The van der Waals surface area contributed by atoms with Crippen LogP contribution in [-0.4, -0.2) is 15.9 Å². The molecule has 0 spiro atoms. The molecule has 0 aliphatic heterocycles. The zero-order valence-electron chi connectivity index (χ0n) is 13.6. The van der Waals surface area contributed by atoms with Gasteiger partial charge < -0.3 is 5.32 Å². The number of fused-ring (bicyclic) bond motifs is 1. The van der Waals surface area contributed by atoms with Gasteiger partial charge in [0.25, 0.3) is 5.91 Å². The number of carbonyl (C=O) groups excluding carboxylic acids is 1. The summed E-state index contributed by atoms with van der Waals surface area (Å²) in [5.41, 5.74) is 4.07. The van der Waals surface area contributed by atoms with Gasteiger partial charge in [-0.1, -0.05) is 18.2 Å². The molecule has 0 aliphatic rings. The highest BCUT2D eigenvalue weighted by Crippen LogP contribution is 2.24. The molecule has 4 aromatic rings. The summed E-state index contributed by atoms with van der Waals surface area (Å²) in [5, 5.41) is 6.73. The predicted molar refractivity (Wildman–Crippen MR) is 102 cm³/mol. The zero-order chi connectivity index (χ0) is 17.2. The van der Waals surface area contributed by atoms with Gasteiger partial charge in [-0.05, 0) is 43.3 Å². The van der Waals surface area contributed by atoms with Gasteiger partial charge in [0.1, 0.15) is 5.01 Å². The van der Waals surface area contributed by atoms with Gasteiger partial charge in [-0.3, -0.25) is 9.78 Å².